The molecular weight excluding hydrogens is 619 g/mol. The van der Waals surface area contributed by atoms with Crippen LogP contribution >= 0.6 is 19.4 Å². The number of carbonyl (C=O) groups excluding carboxylic acids is 3. The summed E-state index contributed by atoms with van der Waals surface area (Å²) in [6.45, 7) is 2.24. The van der Waals surface area contributed by atoms with Crippen LogP contribution in [0.1, 0.15) is 63.0 Å². The molecule has 2 heterocycles. The minimum atomic E-state index is -5.82. The quantitative estimate of drug-likeness (QED) is 0.221. The average Bonchev–Trinajstić information content (AvgIpc) is 3.20. The third-order valence-electron chi connectivity index (χ3n) is 8.09. The molecule has 0 bridgehead atoms. The van der Waals surface area contributed by atoms with Crippen molar-refractivity contribution in [3.63, 3.8) is 0 Å². The first-order valence-corrected chi connectivity index (χ1v) is 17.4. The maximum Gasteiger partial charge on any atom is 0.399 e. The Morgan fingerprint density at radius 2 is 1.93 bits per heavy atom. The standard InChI is InChI=1S/C28H40F2N5O7PS/c1-18(36)32-22-15-21(28(29,30)43(39,40)41)9-7-20(22)8-10-25(37)33-23-17-44-14-12-34-24(23)16-35(26(31)38)27(34)42-13-11-19-5-3-2-4-6-19/h7,9,15-16,19,23,27H,2-6,8,10-14,17H2,1H3,(H2,31,38)(H,32,36)(H,33,37)(H2,39,40,41). The lowest BCUT2D eigenvalue weighted by Crippen LogP contribution is -2.49. The van der Waals surface area contributed by atoms with E-state index >= 15 is 0 Å². The fraction of sp³-hybridized carbons (Fsp3) is 0.607. The maximum absolute atomic E-state index is 14.3. The van der Waals surface area contributed by atoms with Gasteiger partial charge in [-0.05, 0) is 30.4 Å². The van der Waals surface area contributed by atoms with Crippen LogP contribution in [0.3, 0.4) is 0 Å². The van der Waals surface area contributed by atoms with Gasteiger partial charge in [-0.2, -0.15) is 20.5 Å². The monoisotopic (exact) mass is 659 g/mol. The lowest BCUT2D eigenvalue weighted by molar-refractivity contribution is -0.122. The fourth-order valence-electron chi connectivity index (χ4n) is 5.78. The minimum Gasteiger partial charge on any atom is -0.351 e. The molecule has 2 fully saturated rings. The number of alkyl halides is 2. The summed E-state index contributed by atoms with van der Waals surface area (Å²) in [5, 5.41) is 5.39. The maximum atomic E-state index is 14.3. The normalized spacial score (nSPS) is 21.3. The Bertz CT molecular complexity index is 1310. The topological polar surface area (TPSA) is 175 Å². The molecule has 16 heteroatoms. The minimum absolute atomic E-state index is 0.0478. The second-order valence-corrected chi connectivity index (χ2v) is 14.1. The van der Waals surface area contributed by atoms with Gasteiger partial charge >= 0.3 is 19.3 Å². The smallest absolute Gasteiger partial charge is 0.351 e. The molecule has 0 radical (unpaired) electrons. The highest BCUT2D eigenvalue weighted by molar-refractivity contribution is 7.99. The van der Waals surface area contributed by atoms with Crippen LogP contribution in [-0.4, -0.2) is 74.5 Å². The Morgan fingerprint density at radius 1 is 1.20 bits per heavy atom. The lowest BCUT2D eigenvalue weighted by atomic mass is 9.87. The van der Waals surface area contributed by atoms with Gasteiger partial charge in [0.1, 0.15) is 0 Å². The van der Waals surface area contributed by atoms with Gasteiger partial charge in [0, 0.05) is 48.8 Å². The summed E-state index contributed by atoms with van der Waals surface area (Å²) < 4.78 is 46.1. The van der Waals surface area contributed by atoms with E-state index in [2.05, 4.69) is 10.6 Å². The zero-order valence-corrected chi connectivity index (χ0v) is 26.3. The number of fused-ring (bicyclic) bond motifs is 1. The molecule has 2 aliphatic heterocycles. The Hall–Kier alpha value is -2.71. The molecule has 0 aromatic heterocycles. The van der Waals surface area contributed by atoms with E-state index in [1.165, 1.54) is 43.1 Å². The number of amides is 4. The molecule has 12 nitrogen and oxygen atoms in total. The van der Waals surface area contributed by atoms with E-state index in [4.69, 9.17) is 20.3 Å². The zero-order valence-electron chi connectivity index (χ0n) is 24.5. The number of nitrogens with zero attached hydrogens (tertiary/aromatic N) is 2. The number of ether oxygens (including phenoxy) is 1. The van der Waals surface area contributed by atoms with Crippen molar-refractivity contribution in [2.45, 2.75) is 76.3 Å². The molecular formula is C28H40F2N5O7PS. The molecule has 6 N–H and O–H groups in total. The summed E-state index contributed by atoms with van der Waals surface area (Å²) in [4.78, 5) is 58.6. The Kier molecular flexibility index (Phi) is 11.3. The average molecular weight is 660 g/mol. The van der Waals surface area contributed by atoms with Gasteiger partial charge < -0.3 is 35.8 Å². The highest BCUT2D eigenvalue weighted by Crippen LogP contribution is 2.59. The summed E-state index contributed by atoms with van der Waals surface area (Å²) >= 11 is 1.64. The first kappa shape index (κ1) is 34.2. The molecule has 2 atom stereocenters. The molecule has 244 valence electrons. The number of nitrogens with one attached hydrogen (secondary N) is 2. The van der Waals surface area contributed by atoms with Crippen molar-refractivity contribution in [1.82, 2.24) is 15.1 Å². The largest absolute Gasteiger partial charge is 0.399 e. The van der Waals surface area contributed by atoms with Crippen molar-refractivity contribution < 1.29 is 42.3 Å². The van der Waals surface area contributed by atoms with E-state index in [9.17, 15) is 27.7 Å². The predicted octanol–water partition coefficient (Wildman–Crippen LogP) is 3.84. The number of nitrogens with two attached hydrogens (primary N) is 1. The fourth-order valence-corrected chi connectivity index (χ4v) is 7.24. The molecule has 44 heavy (non-hydrogen) atoms. The van der Waals surface area contributed by atoms with Gasteiger partial charge in [0.25, 0.3) is 0 Å². The van der Waals surface area contributed by atoms with E-state index in [1.807, 2.05) is 4.90 Å². The highest BCUT2D eigenvalue weighted by Gasteiger charge is 2.50. The van der Waals surface area contributed by atoms with Crippen LogP contribution in [0.5, 0.6) is 0 Å². The molecule has 2 unspecified atom stereocenters. The van der Waals surface area contributed by atoms with Gasteiger partial charge in [-0.3, -0.25) is 19.1 Å². The van der Waals surface area contributed by atoms with Gasteiger partial charge in [-0.1, -0.05) is 44.2 Å². The Morgan fingerprint density at radius 3 is 2.59 bits per heavy atom. The molecule has 1 aliphatic carbocycles. The van der Waals surface area contributed by atoms with E-state index in [0.717, 1.165) is 31.2 Å². The molecule has 1 saturated heterocycles. The SMILES string of the molecule is CC(=O)Nc1cc(C(F)(F)P(=O)(O)O)ccc1CCC(=O)NC1CSCCN2C1=CN(C(N)=O)C2OCCC1CCCCC1. The molecule has 4 rings (SSSR count). The predicted molar refractivity (Wildman–Crippen MR) is 161 cm³/mol. The van der Waals surface area contributed by atoms with Crippen LogP contribution in [0.2, 0.25) is 0 Å². The van der Waals surface area contributed by atoms with E-state index < -0.39 is 43.2 Å². The second-order valence-electron chi connectivity index (χ2n) is 11.3. The van der Waals surface area contributed by atoms with Gasteiger partial charge in [0.2, 0.25) is 18.2 Å². The van der Waals surface area contributed by atoms with Crippen LogP contribution in [-0.2, 0) is 31.0 Å². The first-order chi connectivity index (χ1) is 20.8. The van der Waals surface area contributed by atoms with Crippen molar-refractivity contribution in [3.8, 4) is 0 Å². The van der Waals surface area contributed by atoms with Gasteiger partial charge in [0.15, 0.2) is 0 Å². The number of urea groups is 1. The number of anilines is 1. The molecule has 0 spiro atoms. The number of rotatable bonds is 11. The van der Waals surface area contributed by atoms with Gasteiger partial charge in [-0.25, -0.2) is 4.79 Å². The van der Waals surface area contributed by atoms with E-state index in [-0.39, 0.29) is 24.4 Å². The van der Waals surface area contributed by atoms with Crippen molar-refractivity contribution in [1.29, 1.82) is 0 Å². The van der Waals surface area contributed by atoms with Crippen LogP contribution in [0, 0.1) is 5.92 Å². The Labute approximate surface area is 259 Å². The molecule has 3 aliphatic rings. The van der Waals surface area contributed by atoms with E-state index in [1.54, 1.807) is 18.0 Å². The van der Waals surface area contributed by atoms with Crippen molar-refractivity contribution in [2.24, 2.45) is 11.7 Å². The number of hydrogen-bond acceptors (Lipinski definition) is 7. The van der Waals surface area contributed by atoms with Crippen LogP contribution < -0.4 is 16.4 Å². The zero-order chi connectivity index (χ0) is 32.1. The summed E-state index contributed by atoms with van der Waals surface area (Å²) in [6, 6.07) is 1.77. The van der Waals surface area contributed by atoms with Gasteiger partial charge in [-0.15, -0.1) is 0 Å². The molecule has 1 aromatic carbocycles. The summed E-state index contributed by atoms with van der Waals surface area (Å²) in [6.07, 6.45) is 7.89. The van der Waals surface area contributed by atoms with Gasteiger partial charge in [0.05, 0.1) is 18.3 Å². The number of halogens is 2. The van der Waals surface area contributed by atoms with E-state index in [0.29, 0.717) is 36.1 Å². The first-order valence-electron chi connectivity index (χ1n) is 14.7. The summed E-state index contributed by atoms with van der Waals surface area (Å²) in [7, 11) is -5.82. The number of thioether (sulfide) groups is 1. The number of benzene rings is 1. The number of carbonyl (C=O) groups is 3. The molecule has 1 saturated carbocycles. The highest BCUT2D eigenvalue weighted by atomic mass is 32.2. The second kappa shape index (κ2) is 14.6. The molecule has 4 amide bonds. The summed E-state index contributed by atoms with van der Waals surface area (Å²) in [5.74, 6) is 0.953. The number of hydrogen-bond donors (Lipinski definition) is 5. The molecule has 1 aromatic rings. The third-order valence-corrected chi connectivity index (χ3v) is 10.1. The lowest BCUT2D eigenvalue weighted by Gasteiger charge is -2.33. The van der Waals surface area contributed by atoms with Crippen LogP contribution in [0.15, 0.2) is 30.1 Å². The third kappa shape index (κ3) is 8.30. The number of aryl methyl sites for hydroxylation is 1. The summed E-state index contributed by atoms with van der Waals surface area (Å²) in [5.41, 5.74) is 1.24. The number of primary amides is 1. The van der Waals surface area contributed by atoms with Crippen molar-refractivity contribution >= 4 is 42.9 Å². The van der Waals surface area contributed by atoms with Crippen molar-refractivity contribution in [3.05, 3.63) is 41.2 Å². The van der Waals surface area contributed by atoms with Crippen molar-refractivity contribution in [2.75, 3.05) is 30.0 Å². The van der Waals surface area contributed by atoms with Crippen LogP contribution in [0.4, 0.5) is 19.3 Å². The Balaban J connectivity index is 1.42. The van der Waals surface area contributed by atoms with Crippen LogP contribution in [0.25, 0.3) is 0 Å².